The first-order valence-corrected chi connectivity index (χ1v) is 8.28. The van der Waals surface area contributed by atoms with Gasteiger partial charge in [0, 0.05) is 10.6 Å². The number of benzene rings is 2. The van der Waals surface area contributed by atoms with Crippen LogP contribution in [-0.2, 0) is 0 Å². The lowest BCUT2D eigenvalue weighted by Crippen LogP contribution is -2.17. The topological polar surface area (TPSA) is 79.5 Å². The number of carbonyl (C=O) groups excluding carboxylic acids is 1. The van der Waals surface area contributed by atoms with Crippen molar-refractivity contribution in [2.45, 2.75) is 13.8 Å². The molecule has 2 N–H and O–H groups in total. The Bertz CT molecular complexity index is 981. The fraction of sp³-hybridized carbons (Fsp3) is 0.105. The lowest BCUT2D eigenvalue weighted by molar-refractivity contribution is 0.0952. The second-order valence-electron chi connectivity index (χ2n) is 5.69. The average Bonchev–Trinajstić information content (AvgIpc) is 2.92. The van der Waals surface area contributed by atoms with Gasteiger partial charge in [0.25, 0.3) is 5.91 Å². The number of nitrogens with one attached hydrogen (secondary N) is 1. The summed E-state index contributed by atoms with van der Waals surface area (Å²) in [6, 6.07) is 14.0. The third kappa shape index (κ3) is 3.60. The number of halogens is 1. The summed E-state index contributed by atoms with van der Waals surface area (Å²) in [4.78, 5) is 12.1. The summed E-state index contributed by atoms with van der Waals surface area (Å²) in [5.74, 6) is -0.710. The van der Waals surface area contributed by atoms with Crippen LogP contribution in [0.1, 0.15) is 27.3 Å². The molecule has 132 valence electrons. The van der Waals surface area contributed by atoms with Gasteiger partial charge in [-0.3, -0.25) is 4.79 Å². The van der Waals surface area contributed by atoms with Crippen molar-refractivity contribution in [2.75, 3.05) is 0 Å². The standard InChI is InChI=1S/C19H17ClN4O2/c1-12-17(13(2)24(23-12)15-6-4-3-5-7-15)11-21-22-19(26)16-10-14(20)8-9-18(16)25/h3-11,25H,1-2H3,(H,22,26)/b21-11-. The molecular weight excluding hydrogens is 352 g/mol. The van der Waals surface area contributed by atoms with Crippen LogP contribution >= 0.6 is 11.6 Å². The molecule has 1 heterocycles. The summed E-state index contributed by atoms with van der Waals surface area (Å²) in [6.45, 7) is 3.80. The maximum absolute atomic E-state index is 12.1. The number of aromatic nitrogens is 2. The largest absolute Gasteiger partial charge is 0.507 e. The van der Waals surface area contributed by atoms with Gasteiger partial charge in [0.05, 0.1) is 28.9 Å². The van der Waals surface area contributed by atoms with Crippen LogP contribution in [0.5, 0.6) is 5.75 Å². The van der Waals surface area contributed by atoms with Gasteiger partial charge in [-0.1, -0.05) is 29.8 Å². The molecular formula is C19H17ClN4O2. The molecule has 0 spiro atoms. The van der Waals surface area contributed by atoms with Gasteiger partial charge in [-0.2, -0.15) is 10.2 Å². The molecule has 1 aromatic heterocycles. The molecule has 0 saturated carbocycles. The Morgan fingerprint density at radius 3 is 2.69 bits per heavy atom. The minimum Gasteiger partial charge on any atom is -0.507 e. The first-order valence-electron chi connectivity index (χ1n) is 7.91. The van der Waals surface area contributed by atoms with Crippen LogP contribution in [0.2, 0.25) is 5.02 Å². The molecule has 26 heavy (non-hydrogen) atoms. The zero-order valence-electron chi connectivity index (χ0n) is 14.3. The second kappa shape index (κ2) is 7.41. The van der Waals surface area contributed by atoms with E-state index in [0.717, 1.165) is 22.6 Å². The van der Waals surface area contributed by atoms with E-state index in [9.17, 15) is 9.90 Å². The maximum atomic E-state index is 12.1. The minimum absolute atomic E-state index is 0.0584. The molecule has 1 amide bonds. The zero-order valence-corrected chi connectivity index (χ0v) is 15.0. The molecule has 0 aliphatic rings. The van der Waals surface area contributed by atoms with Crippen LogP contribution in [-0.4, -0.2) is 27.0 Å². The molecule has 3 rings (SSSR count). The third-order valence-electron chi connectivity index (χ3n) is 3.91. The van der Waals surface area contributed by atoms with Crippen LogP contribution in [0.4, 0.5) is 0 Å². The van der Waals surface area contributed by atoms with Crippen molar-refractivity contribution in [3.8, 4) is 11.4 Å². The SMILES string of the molecule is Cc1nn(-c2ccccc2)c(C)c1/C=N\NC(=O)c1cc(Cl)ccc1O. The normalized spacial score (nSPS) is 11.0. The summed E-state index contributed by atoms with van der Waals surface area (Å²) in [5.41, 5.74) is 5.89. The van der Waals surface area contributed by atoms with E-state index in [1.807, 2.05) is 48.9 Å². The Morgan fingerprint density at radius 2 is 1.96 bits per heavy atom. The molecule has 0 atom stereocenters. The molecule has 0 bridgehead atoms. The Kier molecular flexibility index (Phi) is 5.04. The monoisotopic (exact) mass is 368 g/mol. The number of hydrogen-bond donors (Lipinski definition) is 2. The smallest absolute Gasteiger partial charge is 0.275 e. The Morgan fingerprint density at radius 1 is 1.23 bits per heavy atom. The molecule has 0 radical (unpaired) electrons. The molecule has 3 aromatic rings. The van der Waals surface area contributed by atoms with E-state index in [-0.39, 0.29) is 11.3 Å². The Balaban J connectivity index is 1.80. The zero-order chi connectivity index (χ0) is 18.7. The van der Waals surface area contributed by atoms with E-state index in [4.69, 9.17) is 11.6 Å². The molecule has 6 nitrogen and oxygen atoms in total. The molecule has 7 heteroatoms. The van der Waals surface area contributed by atoms with Gasteiger partial charge in [0.2, 0.25) is 0 Å². The Labute approximate surface area is 155 Å². The minimum atomic E-state index is -0.549. The number of nitrogens with zero attached hydrogens (tertiary/aromatic N) is 3. The van der Waals surface area contributed by atoms with Gasteiger partial charge in [-0.15, -0.1) is 0 Å². The van der Waals surface area contributed by atoms with Gasteiger partial charge >= 0.3 is 0 Å². The van der Waals surface area contributed by atoms with E-state index < -0.39 is 5.91 Å². The summed E-state index contributed by atoms with van der Waals surface area (Å²) >= 11 is 5.85. The Hall–Kier alpha value is -3.12. The number of carbonyl (C=O) groups is 1. The summed E-state index contributed by atoms with van der Waals surface area (Å²) in [6.07, 6.45) is 1.54. The molecule has 0 unspecified atom stereocenters. The molecule has 0 aliphatic carbocycles. The van der Waals surface area contributed by atoms with Crippen molar-refractivity contribution in [2.24, 2.45) is 5.10 Å². The van der Waals surface area contributed by atoms with Gasteiger partial charge in [0.1, 0.15) is 5.75 Å². The van der Waals surface area contributed by atoms with Crippen molar-refractivity contribution in [3.05, 3.63) is 76.1 Å². The van der Waals surface area contributed by atoms with Crippen molar-refractivity contribution in [1.82, 2.24) is 15.2 Å². The number of aromatic hydroxyl groups is 1. The molecule has 0 saturated heterocycles. The van der Waals surface area contributed by atoms with E-state index in [1.54, 1.807) is 0 Å². The number of phenolic OH excluding ortho intramolecular Hbond substituents is 1. The number of aryl methyl sites for hydroxylation is 1. The lowest BCUT2D eigenvalue weighted by Gasteiger charge is -2.04. The number of para-hydroxylation sites is 1. The number of hydrogen-bond acceptors (Lipinski definition) is 4. The van der Waals surface area contributed by atoms with Crippen molar-refractivity contribution in [1.29, 1.82) is 0 Å². The average molecular weight is 369 g/mol. The van der Waals surface area contributed by atoms with E-state index in [1.165, 1.54) is 24.4 Å². The van der Waals surface area contributed by atoms with Crippen LogP contribution in [0.25, 0.3) is 5.69 Å². The van der Waals surface area contributed by atoms with Crippen LogP contribution in [0, 0.1) is 13.8 Å². The van der Waals surface area contributed by atoms with E-state index in [0.29, 0.717) is 5.02 Å². The quantitative estimate of drug-likeness (QED) is 0.545. The highest BCUT2D eigenvalue weighted by molar-refractivity contribution is 6.31. The first-order chi connectivity index (χ1) is 12.5. The third-order valence-corrected chi connectivity index (χ3v) is 4.15. The second-order valence-corrected chi connectivity index (χ2v) is 6.13. The molecule has 0 fully saturated rings. The predicted molar refractivity (Wildman–Crippen MR) is 101 cm³/mol. The highest BCUT2D eigenvalue weighted by atomic mass is 35.5. The van der Waals surface area contributed by atoms with E-state index >= 15 is 0 Å². The van der Waals surface area contributed by atoms with Crippen LogP contribution < -0.4 is 5.43 Å². The summed E-state index contributed by atoms with van der Waals surface area (Å²) in [7, 11) is 0. The summed E-state index contributed by atoms with van der Waals surface area (Å²) in [5, 5.41) is 18.6. The predicted octanol–water partition coefficient (Wildman–Crippen LogP) is 3.61. The van der Waals surface area contributed by atoms with Gasteiger partial charge in [-0.25, -0.2) is 10.1 Å². The first kappa shape index (κ1) is 17.7. The molecule has 2 aromatic carbocycles. The van der Waals surface area contributed by atoms with Gasteiger partial charge < -0.3 is 5.11 Å². The van der Waals surface area contributed by atoms with Crippen molar-refractivity contribution >= 4 is 23.7 Å². The van der Waals surface area contributed by atoms with Crippen molar-refractivity contribution < 1.29 is 9.90 Å². The van der Waals surface area contributed by atoms with Gasteiger partial charge in [0.15, 0.2) is 0 Å². The summed E-state index contributed by atoms with van der Waals surface area (Å²) < 4.78 is 1.82. The lowest BCUT2D eigenvalue weighted by atomic mass is 10.2. The van der Waals surface area contributed by atoms with Crippen LogP contribution in [0.3, 0.4) is 0 Å². The highest BCUT2D eigenvalue weighted by Crippen LogP contribution is 2.21. The van der Waals surface area contributed by atoms with Crippen LogP contribution in [0.15, 0.2) is 53.6 Å². The maximum Gasteiger partial charge on any atom is 0.275 e. The number of hydrazone groups is 1. The van der Waals surface area contributed by atoms with E-state index in [2.05, 4.69) is 15.6 Å². The fourth-order valence-electron chi connectivity index (χ4n) is 2.57. The fourth-order valence-corrected chi connectivity index (χ4v) is 2.74. The van der Waals surface area contributed by atoms with Gasteiger partial charge in [-0.05, 0) is 44.2 Å². The molecule has 0 aliphatic heterocycles. The van der Waals surface area contributed by atoms with Crippen molar-refractivity contribution in [3.63, 3.8) is 0 Å². The number of phenols is 1. The highest BCUT2D eigenvalue weighted by Gasteiger charge is 2.13. The number of amides is 1. The number of rotatable bonds is 4.